The maximum Gasteiger partial charge on any atom is 0.241 e. The molecule has 0 aliphatic carbocycles. The molecule has 1 aliphatic rings. The van der Waals surface area contributed by atoms with E-state index >= 15 is 0 Å². The summed E-state index contributed by atoms with van der Waals surface area (Å²) >= 11 is 5.95. The molecule has 2 rings (SSSR count). The van der Waals surface area contributed by atoms with Gasteiger partial charge in [0, 0.05) is 13.2 Å². The zero-order valence-electron chi connectivity index (χ0n) is 11.7. The van der Waals surface area contributed by atoms with Gasteiger partial charge < -0.3 is 15.6 Å². The summed E-state index contributed by atoms with van der Waals surface area (Å²) < 4.78 is 32.8. The number of aliphatic hydroxyl groups is 1. The highest BCUT2D eigenvalue weighted by molar-refractivity contribution is 7.89. The molecule has 118 valence electrons. The third-order valence-electron chi connectivity index (χ3n) is 3.67. The van der Waals surface area contributed by atoms with Crippen LogP contribution in [-0.2, 0) is 14.8 Å². The highest BCUT2D eigenvalue weighted by Crippen LogP contribution is 2.29. The van der Waals surface area contributed by atoms with Gasteiger partial charge in [0.1, 0.15) is 0 Å². The number of rotatable bonds is 4. The van der Waals surface area contributed by atoms with Crippen LogP contribution in [0.4, 0.5) is 5.69 Å². The number of sulfonamides is 1. The predicted octanol–water partition coefficient (Wildman–Crippen LogP) is 1.05. The summed E-state index contributed by atoms with van der Waals surface area (Å²) in [5.74, 6) is 0. The van der Waals surface area contributed by atoms with E-state index in [9.17, 15) is 13.5 Å². The number of aryl methyl sites for hydroxylation is 1. The number of nitrogens with two attached hydrogens (primary N) is 1. The molecule has 0 spiro atoms. The molecule has 0 unspecified atom stereocenters. The van der Waals surface area contributed by atoms with Crippen LogP contribution in [0.25, 0.3) is 0 Å². The van der Waals surface area contributed by atoms with Crippen LogP contribution in [0, 0.1) is 6.92 Å². The average Bonchev–Trinajstić information content (AvgIpc) is 2.44. The SMILES string of the molecule is Cc1cc(S(=O)(=O)NC2(CO)CCOCC2)cc(N)c1Cl. The topological polar surface area (TPSA) is 102 Å². The van der Waals surface area contributed by atoms with Crippen LogP contribution in [0.5, 0.6) is 0 Å². The summed E-state index contributed by atoms with van der Waals surface area (Å²) in [4.78, 5) is 0.0428. The molecule has 21 heavy (non-hydrogen) atoms. The minimum absolute atomic E-state index is 0.0428. The maximum atomic E-state index is 12.5. The molecule has 4 N–H and O–H groups in total. The smallest absolute Gasteiger partial charge is 0.241 e. The number of aliphatic hydroxyl groups excluding tert-OH is 1. The Hall–Kier alpha value is -0.860. The minimum Gasteiger partial charge on any atom is -0.397 e. The normalized spacial score (nSPS) is 18.6. The summed E-state index contributed by atoms with van der Waals surface area (Å²) in [6, 6.07) is 2.79. The first-order valence-corrected chi connectivity index (χ1v) is 8.44. The van der Waals surface area contributed by atoms with Crippen molar-refractivity contribution in [1.82, 2.24) is 4.72 Å². The van der Waals surface area contributed by atoms with Gasteiger partial charge in [-0.1, -0.05) is 11.6 Å². The lowest BCUT2D eigenvalue weighted by atomic mass is 9.93. The van der Waals surface area contributed by atoms with Gasteiger partial charge in [-0.25, -0.2) is 13.1 Å². The fourth-order valence-corrected chi connectivity index (χ4v) is 4.00. The summed E-state index contributed by atoms with van der Waals surface area (Å²) in [6.07, 6.45) is 0.843. The summed E-state index contributed by atoms with van der Waals surface area (Å²) in [7, 11) is -3.80. The first-order chi connectivity index (χ1) is 9.80. The number of benzene rings is 1. The number of hydrogen-bond donors (Lipinski definition) is 3. The van der Waals surface area contributed by atoms with Crippen LogP contribution in [0.15, 0.2) is 17.0 Å². The Kier molecular flexibility index (Phi) is 4.79. The van der Waals surface area contributed by atoms with Gasteiger partial charge in [-0.2, -0.15) is 0 Å². The third-order valence-corrected chi connectivity index (χ3v) is 5.74. The Morgan fingerprint density at radius 3 is 2.57 bits per heavy atom. The zero-order valence-corrected chi connectivity index (χ0v) is 13.3. The predicted molar refractivity (Wildman–Crippen MR) is 80.8 cm³/mol. The van der Waals surface area contributed by atoms with Crippen molar-refractivity contribution >= 4 is 27.3 Å². The Bertz CT molecular complexity index is 604. The number of ether oxygens (including phenoxy) is 1. The van der Waals surface area contributed by atoms with E-state index in [0.29, 0.717) is 36.6 Å². The standard InChI is InChI=1S/C13H19ClN2O4S/c1-9-6-10(7-11(15)12(9)14)21(18,19)16-13(8-17)2-4-20-5-3-13/h6-7,16-17H,2-5,8,15H2,1H3. The molecule has 0 saturated carbocycles. The Labute approximate surface area is 129 Å². The van der Waals surface area contributed by atoms with Crippen molar-refractivity contribution in [3.63, 3.8) is 0 Å². The van der Waals surface area contributed by atoms with Gasteiger partial charge in [-0.15, -0.1) is 0 Å². The van der Waals surface area contributed by atoms with Crippen LogP contribution in [0.2, 0.25) is 5.02 Å². The third kappa shape index (κ3) is 3.49. The fraction of sp³-hybridized carbons (Fsp3) is 0.538. The lowest BCUT2D eigenvalue weighted by Crippen LogP contribution is -2.54. The van der Waals surface area contributed by atoms with Crippen molar-refractivity contribution < 1.29 is 18.3 Å². The van der Waals surface area contributed by atoms with E-state index in [2.05, 4.69) is 4.72 Å². The van der Waals surface area contributed by atoms with E-state index in [-0.39, 0.29) is 17.2 Å². The van der Waals surface area contributed by atoms with Crippen molar-refractivity contribution in [1.29, 1.82) is 0 Å². The number of halogens is 1. The van der Waals surface area contributed by atoms with E-state index in [0.717, 1.165) is 0 Å². The quantitative estimate of drug-likeness (QED) is 0.714. The van der Waals surface area contributed by atoms with Gasteiger partial charge in [0.2, 0.25) is 10.0 Å². The van der Waals surface area contributed by atoms with Crippen LogP contribution < -0.4 is 10.5 Å². The fourth-order valence-electron chi connectivity index (χ4n) is 2.32. The number of nitrogens with one attached hydrogen (secondary N) is 1. The van der Waals surface area contributed by atoms with Crippen molar-refractivity contribution in [2.45, 2.75) is 30.2 Å². The van der Waals surface area contributed by atoms with Crippen LogP contribution in [0.1, 0.15) is 18.4 Å². The second-order valence-electron chi connectivity index (χ2n) is 5.30. The first kappa shape index (κ1) is 16.5. The van der Waals surface area contributed by atoms with Crippen molar-refractivity contribution in [3.8, 4) is 0 Å². The second-order valence-corrected chi connectivity index (χ2v) is 7.36. The molecule has 1 aliphatic heterocycles. The highest BCUT2D eigenvalue weighted by Gasteiger charge is 2.36. The Balaban J connectivity index is 2.33. The highest BCUT2D eigenvalue weighted by atomic mass is 35.5. The number of nitrogen functional groups attached to an aromatic ring is 1. The largest absolute Gasteiger partial charge is 0.397 e. The second kappa shape index (κ2) is 6.10. The van der Waals surface area contributed by atoms with E-state index < -0.39 is 15.6 Å². The molecular weight excluding hydrogens is 316 g/mol. The summed E-state index contributed by atoms with van der Waals surface area (Å²) in [5, 5.41) is 9.92. The maximum absolute atomic E-state index is 12.5. The molecule has 1 aromatic carbocycles. The summed E-state index contributed by atoms with van der Waals surface area (Å²) in [5.41, 5.74) is 5.63. The first-order valence-electron chi connectivity index (χ1n) is 6.58. The van der Waals surface area contributed by atoms with Gasteiger partial charge in [0.25, 0.3) is 0 Å². The lowest BCUT2D eigenvalue weighted by Gasteiger charge is -2.35. The lowest BCUT2D eigenvalue weighted by molar-refractivity contribution is 0.0223. The Morgan fingerprint density at radius 2 is 2.05 bits per heavy atom. The molecule has 0 bridgehead atoms. The van der Waals surface area contributed by atoms with E-state index in [4.69, 9.17) is 22.1 Å². The van der Waals surface area contributed by atoms with Gasteiger partial charge >= 0.3 is 0 Å². The van der Waals surface area contributed by atoms with E-state index in [1.54, 1.807) is 6.92 Å². The Morgan fingerprint density at radius 1 is 1.43 bits per heavy atom. The molecule has 1 saturated heterocycles. The monoisotopic (exact) mass is 334 g/mol. The minimum atomic E-state index is -3.80. The van der Waals surface area contributed by atoms with Crippen molar-refractivity contribution in [3.05, 3.63) is 22.7 Å². The molecule has 8 heteroatoms. The molecule has 0 atom stereocenters. The molecule has 6 nitrogen and oxygen atoms in total. The molecule has 0 amide bonds. The van der Waals surface area contributed by atoms with Crippen molar-refractivity contribution in [2.24, 2.45) is 0 Å². The van der Waals surface area contributed by atoms with Crippen LogP contribution in [-0.4, -0.2) is 38.9 Å². The van der Waals surface area contributed by atoms with Crippen molar-refractivity contribution in [2.75, 3.05) is 25.6 Å². The molecular formula is C13H19ClN2O4S. The van der Waals surface area contributed by atoms with E-state index in [1.807, 2.05) is 0 Å². The van der Waals surface area contributed by atoms with Gasteiger partial charge in [0.05, 0.1) is 27.8 Å². The summed E-state index contributed by atoms with van der Waals surface area (Å²) in [6.45, 7) is 2.22. The molecule has 1 fully saturated rings. The number of hydrogen-bond acceptors (Lipinski definition) is 5. The van der Waals surface area contributed by atoms with Gasteiger partial charge in [-0.3, -0.25) is 0 Å². The van der Waals surface area contributed by atoms with Crippen LogP contribution >= 0.6 is 11.6 Å². The molecule has 1 heterocycles. The number of anilines is 1. The van der Waals surface area contributed by atoms with Crippen LogP contribution in [0.3, 0.4) is 0 Å². The molecule has 1 aromatic rings. The molecule has 0 aromatic heterocycles. The van der Waals surface area contributed by atoms with E-state index in [1.165, 1.54) is 12.1 Å². The molecule has 0 radical (unpaired) electrons. The average molecular weight is 335 g/mol. The van der Waals surface area contributed by atoms with Gasteiger partial charge in [-0.05, 0) is 37.5 Å². The zero-order chi connectivity index (χ0) is 15.7. The van der Waals surface area contributed by atoms with Gasteiger partial charge in [0.15, 0.2) is 0 Å².